The highest BCUT2D eigenvalue weighted by atomic mass is 16.6. The van der Waals surface area contributed by atoms with E-state index in [1.54, 1.807) is 25.3 Å². The zero-order valence-electron chi connectivity index (χ0n) is 31.4. The van der Waals surface area contributed by atoms with E-state index in [0.29, 0.717) is 41.7 Å². The van der Waals surface area contributed by atoms with Crippen LogP contribution in [0.2, 0.25) is 0 Å². The molecular weight excluding hydrogens is 644 g/mol. The normalized spacial score (nSPS) is 11.7. The Hall–Kier alpha value is -4.67. The number of methoxy groups -OCH3 is 1. The van der Waals surface area contributed by atoms with Gasteiger partial charge in [0.1, 0.15) is 18.0 Å². The Morgan fingerprint density at radius 3 is 1.86 bits per heavy atom. The summed E-state index contributed by atoms with van der Waals surface area (Å²) in [5.41, 5.74) is 3.68. The summed E-state index contributed by atoms with van der Waals surface area (Å²) in [7, 11) is 1.56. The van der Waals surface area contributed by atoms with Crippen molar-refractivity contribution in [3.8, 4) is 5.75 Å². The molecule has 0 unspecified atom stereocenters. The van der Waals surface area contributed by atoms with Crippen LogP contribution in [0.15, 0.2) is 81.1 Å². The number of non-ortho nitro benzene ring substituents is 1. The lowest BCUT2D eigenvalue weighted by Crippen LogP contribution is -2.32. The molecule has 0 heterocycles. The second-order valence-electron chi connectivity index (χ2n) is 13.5. The molecule has 0 aliphatic rings. The van der Waals surface area contributed by atoms with Crippen LogP contribution in [-0.2, 0) is 9.53 Å². The molecule has 3 aromatic carbocycles. The van der Waals surface area contributed by atoms with Crippen molar-refractivity contribution in [2.45, 2.75) is 105 Å². The fourth-order valence-electron chi connectivity index (χ4n) is 5.35. The van der Waals surface area contributed by atoms with E-state index >= 15 is 0 Å². The Labute approximate surface area is 303 Å². The van der Waals surface area contributed by atoms with Gasteiger partial charge in [-0.25, -0.2) is 0 Å². The van der Waals surface area contributed by atoms with Crippen molar-refractivity contribution in [3.05, 3.63) is 76.3 Å². The van der Waals surface area contributed by atoms with Gasteiger partial charge >= 0.3 is 5.97 Å². The number of rotatable bonds is 23. The molecule has 0 radical (unpaired) electrons. The van der Waals surface area contributed by atoms with Gasteiger partial charge in [-0.1, -0.05) is 71.6 Å². The lowest BCUT2D eigenvalue weighted by molar-refractivity contribution is -0.384. The van der Waals surface area contributed by atoms with E-state index in [1.165, 1.54) is 69.9 Å². The van der Waals surface area contributed by atoms with Gasteiger partial charge < -0.3 is 14.4 Å². The third-order valence-corrected chi connectivity index (χ3v) is 9.13. The Morgan fingerprint density at radius 2 is 1.31 bits per heavy atom. The van der Waals surface area contributed by atoms with Crippen LogP contribution in [0.25, 0.3) is 0 Å². The first-order chi connectivity index (χ1) is 24.6. The highest BCUT2D eigenvalue weighted by Crippen LogP contribution is 2.37. The molecule has 0 spiro atoms. The van der Waals surface area contributed by atoms with Gasteiger partial charge in [0.05, 0.1) is 41.1 Å². The first-order valence-electron chi connectivity index (χ1n) is 18.4. The van der Waals surface area contributed by atoms with E-state index in [0.717, 1.165) is 30.6 Å². The molecule has 0 fully saturated rings. The number of nitro groups is 1. The highest BCUT2D eigenvalue weighted by molar-refractivity contribution is 5.75. The summed E-state index contributed by atoms with van der Waals surface area (Å²) in [5.74, 6) is 0.327. The number of unbranched alkanes of at least 4 members (excludes halogenated alkanes) is 9. The minimum absolute atomic E-state index is 0.00730. The van der Waals surface area contributed by atoms with Crippen molar-refractivity contribution >= 4 is 40.1 Å². The SMILES string of the molecule is CCCCCCCCCCCCN(CCOC(=O)C(C)(C)CC)c1ccc(N=Nc2cc(C)c(N=Nc3ccc([N+](=O)[O-])cc3)cc2OC)cc1. The summed E-state index contributed by atoms with van der Waals surface area (Å²) in [4.78, 5) is 25.3. The van der Waals surface area contributed by atoms with E-state index in [-0.39, 0.29) is 11.7 Å². The molecule has 11 nitrogen and oxygen atoms in total. The third-order valence-electron chi connectivity index (χ3n) is 9.13. The van der Waals surface area contributed by atoms with Gasteiger partial charge in [0.15, 0.2) is 0 Å². The van der Waals surface area contributed by atoms with Crippen LogP contribution >= 0.6 is 0 Å². The number of nitrogens with zero attached hydrogens (tertiary/aromatic N) is 6. The van der Waals surface area contributed by atoms with Gasteiger partial charge in [-0.3, -0.25) is 14.9 Å². The van der Waals surface area contributed by atoms with Gasteiger partial charge in [0.25, 0.3) is 5.69 Å². The first kappa shape index (κ1) is 40.8. The monoisotopic (exact) mass is 700 g/mol. The third kappa shape index (κ3) is 13.9. The van der Waals surface area contributed by atoms with Gasteiger partial charge in [0, 0.05) is 30.4 Å². The predicted octanol–water partition coefficient (Wildman–Crippen LogP) is 12.4. The largest absolute Gasteiger partial charge is 0.494 e. The molecule has 0 aliphatic heterocycles. The van der Waals surface area contributed by atoms with Crippen molar-refractivity contribution in [2.24, 2.45) is 25.9 Å². The average Bonchev–Trinajstić information content (AvgIpc) is 3.13. The van der Waals surface area contributed by atoms with Crippen LogP contribution in [-0.4, -0.2) is 37.7 Å². The van der Waals surface area contributed by atoms with Crippen molar-refractivity contribution in [3.63, 3.8) is 0 Å². The van der Waals surface area contributed by atoms with E-state index in [9.17, 15) is 14.9 Å². The minimum Gasteiger partial charge on any atom is -0.494 e. The van der Waals surface area contributed by atoms with Crippen molar-refractivity contribution in [2.75, 3.05) is 31.7 Å². The Morgan fingerprint density at radius 1 is 0.765 bits per heavy atom. The number of azo groups is 2. The molecular formula is C40H56N6O5. The molecule has 3 rings (SSSR count). The van der Waals surface area contributed by atoms with Crippen LogP contribution in [0.1, 0.15) is 104 Å². The van der Waals surface area contributed by atoms with Crippen LogP contribution in [0.5, 0.6) is 5.75 Å². The summed E-state index contributed by atoms with van der Waals surface area (Å²) >= 11 is 0. The molecule has 276 valence electrons. The fraction of sp³-hybridized carbons (Fsp3) is 0.525. The van der Waals surface area contributed by atoms with Crippen molar-refractivity contribution in [1.29, 1.82) is 0 Å². The maximum Gasteiger partial charge on any atom is 0.311 e. The molecule has 0 saturated carbocycles. The van der Waals surface area contributed by atoms with E-state index < -0.39 is 10.3 Å². The molecule has 0 atom stereocenters. The topological polar surface area (TPSA) is 131 Å². The molecule has 0 aliphatic carbocycles. The number of benzene rings is 3. The van der Waals surface area contributed by atoms with Crippen LogP contribution < -0.4 is 9.64 Å². The van der Waals surface area contributed by atoms with Gasteiger partial charge in [0.2, 0.25) is 0 Å². The average molecular weight is 701 g/mol. The summed E-state index contributed by atoms with van der Waals surface area (Å²) in [5, 5.41) is 28.4. The van der Waals surface area contributed by atoms with E-state index in [2.05, 4.69) is 32.3 Å². The van der Waals surface area contributed by atoms with Crippen molar-refractivity contribution in [1.82, 2.24) is 0 Å². The summed E-state index contributed by atoms with van der Waals surface area (Å²) in [6.07, 6.45) is 13.5. The molecule has 51 heavy (non-hydrogen) atoms. The Balaban J connectivity index is 1.64. The maximum atomic E-state index is 12.6. The number of nitro benzene ring substituents is 1. The number of carbonyl (C=O) groups excluding carboxylic acids is 1. The highest BCUT2D eigenvalue weighted by Gasteiger charge is 2.27. The quantitative estimate of drug-likeness (QED) is 0.0318. The zero-order valence-corrected chi connectivity index (χ0v) is 31.4. The predicted molar refractivity (Wildman–Crippen MR) is 205 cm³/mol. The maximum absolute atomic E-state index is 12.6. The van der Waals surface area contributed by atoms with Crippen LogP contribution in [0.4, 0.5) is 34.1 Å². The molecule has 0 aromatic heterocycles. The fourth-order valence-corrected chi connectivity index (χ4v) is 5.35. The van der Waals surface area contributed by atoms with Crippen LogP contribution in [0, 0.1) is 22.5 Å². The molecule has 0 bridgehead atoms. The zero-order chi connectivity index (χ0) is 37.1. The van der Waals surface area contributed by atoms with Crippen molar-refractivity contribution < 1.29 is 19.2 Å². The van der Waals surface area contributed by atoms with Crippen LogP contribution in [0.3, 0.4) is 0 Å². The molecule has 0 amide bonds. The number of ether oxygens (including phenoxy) is 2. The number of esters is 1. The minimum atomic E-state index is -0.491. The molecule has 11 heteroatoms. The number of hydrogen-bond acceptors (Lipinski definition) is 10. The Bertz CT molecular complexity index is 1570. The first-order valence-corrected chi connectivity index (χ1v) is 18.4. The second kappa shape index (κ2) is 21.5. The van der Waals surface area contributed by atoms with E-state index in [1.807, 2.05) is 58.0 Å². The Kier molecular flexibility index (Phi) is 17.2. The lowest BCUT2D eigenvalue weighted by atomic mass is 9.91. The van der Waals surface area contributed by atoms with Gasteiger partial charge in [-0.05, 0) is 81.6 Å². The standard InChI is InChI=1S/C40H56N6O5/c1-7-9-10-11-12-13-14-15-16-17-26-45(27-28-51-39(47)40(4,5)8-2)34-22-18-32(19-23-34)42-44-37-29-31(3)36(30-38(37)50-6)43-41-33-20-24-35(25-21-33)46(48)49/h18-25,29-30H,7-17,26-28H2,1-6H3. The summed E-state index contributed by atoms with van der Waals surface area (Å²) < 4.78 is 11.3. The second-order valence-corrected chi connectivity index (χ2v) is 13.5. The number of anilines is 1. The number of hydrogen-bond donors (Lipinski definition) is 0. The summed E-state index contributed by atoms with van der Waals surface area (Å²) in [6.45, 7) is 11.8. The van der Waals surface area contributed by atoms with Gasteiger partial charge in [-0.2, -0.15) is 15.3 Å². The number of aryl methyl sites for hydroxylation is 1. The smallest absolute Gasteiger partial charge is 0.311 e. The molecule has 0 N–H and O–H groups in total. The molecule has 3 aromatic rings. The van der Waals surface area contributed by atoms with Gasteiger partial charge in [-0.15, -0.1) is 5.11 Å². The number of carbonyl (C=O) groups is 1. The summed E-state index contributed by atoms with van der Waals surface area (Å²) in [6, 6.07) is 17.4. The van der Waals surface area contributed by atoms with E-state index in [4.69, 9.17) is 9.47 Å². The molecule has 0 saturated heterocycles. The lowest BCUT2D eigenvalue weighted by Gasteiger charge is -2.26.